The van der Waals surface area contributed by atoms with Gasteiger partial charge in [0.2, 0.25) is 0 Å². The van der Waals surface area contributed by atoms with Gasteiger partial charge in [-0.25, -0.2) is 4.79 Å². The Kier molecular flexibility index (Phi) is 3.71. The molecule has 0 aliphatic carbocycles. The highest BCUT2D eigenvalue weighted by Gasteiger charge is 2.02. The molecule has 0 unspecified atom stereocenters. The van der Waals surface area contributed by atoms with E-state index in [4.69, 9.17) is 10.2 Å². The van der Waals surface area contributed by atoms with E-state index in [9.17, 15) is 4.79 Å². The molecule has 0 aliphatic rings. The maximum Gasteiger partial charge on any atom is 0.331 e. The molecule has 0 aromatic rings. The van der Waals surface area contributed by atoms with Crippen molar-refractivity contribution in [2.45, 2.75) is 13.3 Å². The van der Waals surface area contributed by atoms with Crippen LogP contribution < -0.4 is 0 Å². The van der Waals surface area contributed by atoms with Crippen molar-refractivity contribution in [3.05, 3.63) is 11.6 Å². The van der Waals surface area contributed by atoms with Crippen molar-refractivity contribution in [1.29, 1.82) is 0 Å². The summed E-state index contributed by atoms with van der Waals surface area (Å²) in [4.78, 5) is 10.1. The average Bonchev–Trinajstić information content (AvgIpc) is 1.82. The van der Waals surface area contributed by atoms with Gasteiger partial charge in [0.15, 0.2) is 0 Å². The third-order valence-electron chi connectivity index (χ3n) is 1.00. The second-order valence-corrected chi connectivity index (χ2v) is 1.59. The largest absolute Gasteiger partial charge is 0.478 e. The molecule has 0 radical (unpaired) electrons. The Labute approximate surface area is 53.6 Å². The summed E-state index contributed by atoms with van der Waals surface area (Å²) in [6.45, 7) is 1.53. The normalized spacial score (nSPS) is 11.6. The highest BCUT2D eigenvalue weighted by Crippen LogP contribution is 1.98. The van der Waals surface area contributed by atoms with Crippen molar-refractivity contribution in [3.8, 4) is 0 Å². The summed E-state index contributed by atoms with van der Waals surface area (Å²) >= 11 is 0. The molecule has 0 atom stereocenters. The van der Waals surface area contributed by atoms with Crippen molar-refractivity contribution in [1.82, 2.24) is 0 Å². The molecule has 0 spiro atoms. The maximum absolute atomic E-state index is 10.1. The average molecular weight is 130 g/mol. The van der Waals surface area contributed by atoms with E-state index in [0.717, 1.165) is 0 Å². The van der Waals surface area contributed by atoms with Crippen LogP contribution in [0.1, 0.15) is 13.3 Å². The highest BCUT2D eigenvalue weighted by atomic mass is 16.4. The zero-order chi connectivity index (χ0) is 7.28. The molecule has 0 bridgehead atoms. The molecule has 2 N–H and O–H groups in total. The molecule has 0 saturated heterocycles. The van der Waals surface area contributed by atoms with Crippen LogP contribution in [0.5, 0.6) is 0 Å². The van der Waals surface area contributed by atoms with Gasteiger partial charge in [0.1, 0.15) is 0 Å². The second kappa shape index (κ2) is 4.09. The van der Waals surface area contributed by atoms with Crippen LogP contribution in [0.25, 0.3) is 0 Å². The fraction of sp³-hybridized carbons (Fsp3) is 0.500. The summed E-state index contributed by atoms with van der Waals surface area (Å²) in [5, 5.41) is 16.6. The van der Waals surface area contributed by atoms with Gasteiger partial charge in [-0.2, -0.15) is 0 Å². The Balaban J connectivity index is 3.85. The predicted molar refractivity (Wildman–Crippen MR) is 33.1 cm³/mol. The fourth-order valence-electron chi connectivity index (χ4n) is 0.495. The van der Waals surface area contributed by atoms with Gasteiger partial charge in [-0.15, -0.1) is 0 Å². The number of aliphatic hydroxyl groups is 1. The first-order valence-electron chi connectivity index (χ1n) is 2.71. The maximum atomic E-state index is 10.1. The minimum absolute atomic E-state index is 0.105. The number of aliphatic hydroxyl groups excluding tert-OH is 1. The van der Waals surface area contributed by atoms with Crippen molar-refractivity contribution >= 4 is 5.97 Å². The Morgan fingerprint density at radius 1 is 1.67 bits per heavy atom. The summed E-state index contributed by atoms with van der Waals surface area (Å²) in [7, 11) is 0. The topological polar surface area (TPSA) is 57.5 Å². The Morgan fingerprint density at radius 3 is 2.33 bits per heavy atom. The first-order valence-corrected chi connectivity index (χ1v) is 2.71. The van der Waals surface area contributed by atoms with Gasteiger partial charge < -0.3 is 10.2 Å². The third kappa shape index (κ3) is 2.87. The zero-order valence-electron chi connectivity index (χ0n) is 5.29. The molecule has 0 saturated carbocycles. The lowest BCUT2D eigenvalue weighted by Gasteiger charge is -1.94. The van der Waals surface area contributed by atoms with Crippen molar-refractivity contribution in [3.63, 3.8) is 0 Å². The van der Waals surface area contributed by atoms with Gasteiger partial charge in [0.05, 0.1) is 0 Å². The zero-order valence-corrected chi connectivity index (χ0v) is 5.29. The van der Waals surface area contributed by atoms with Crippen molar-refractivity contribution < 1.29 is 15.0 Å². The van der Waals surface area contributed by atoms with Gasteiger partial charge in [-0.05, 0) is 6.92 Å². The number of rotatable bonds is 3. The lowest BCUT2D eigenvalue weighted by Crippen LogP contribution is -2.01. The van der Waals surface area contributed by atoms with Crippen LogP contribution >= 0.6 is 0 Å². The van der Waals surface area contributed by atoms with Gasteiger partial charge in [0.25, 0.3) is 0 Å². The van der Waals surface area contributed by atoms with Crippen LogP contribution in [0.2, 0.25) is 0 Å². The van der Waals surface area contributed by atoms with Crippen LogP contribution in [0, 0.1) is 0 Å². The fourth-order valence-corrected chi connectivity index (χ4v) is 0.495. The van der Waals surface area contributed by atoms with Crippen LogP contribution in [-0.2, 0) is 4.79 Å². The molecule has 0 amide bonds. The molecule has 0 aromatic carbocycles. The number of allylic oxidation sites excluding steroid dienone is 1. The number of hydrogen-bond acceptors (Lipinski definition) is 2. The van der Waals surface area contributed by atoms with E-state index in [0.29, 0.717) is 0 Å². The quantitative estimate of drug-likeness (QED) is 0.543. The van der Waals surface area contributed by atoms with E-state index in [2.05, 4.69) is 0 Å². The van der Waals surface area contributed by atoms with Gasteiger partial charge in [0, 0.05) is 18.6 Å². The van der Waals surface area contributed by atoms with Crippen LogP contribution in [0.4, 0.5) is 0 Å². The summed E-state index contributed by atoms with van der Waals surface area (Å²) in [6, 6.07) is 0. The Bertz CT molecular complexity index is 126. The molecule has 0 aliphatic heterocycles. The molecule has 0 aromatic heterocycles. The Hall–Kier alpha value is -0.830. The molecule has 0 rings (SSSR count). The monoisotopic (exact) mass is 130 g/mol. The molecule has 0 heterocycles. The van der Waals surface area contributed by atoms with Crippen LogP contribution in [0.3, 0.4) is 0 Å². The van der Waals surface area contributed by atoms with E-state index in [1.807, 2.05) is 0 Å². The van der Waals surface area contributed by atoms with E-state index in [-0.39, 0.29) is 18.6 Å². The van der Waals surface area contributed by atoms with Crippen molar-refractivity contribution in [2.24, 2.45) is 0 Å². The Morgan fingerprint density at radius 2 is 2.22 bits per heavy atom. The van der Waals surface area contributed by atoms with E-state index < -0.39 is 5.97 Å². The summed E-state index contributed by atoms with van der Waals surface area (Å²) in [6.07, 6.45) is 1.71. The number of carboxylic acid groups (broad SMARTS) is 1. The third-order valence-corrected chi connectivity index (χ3v) is 1.00. The smallest absolute Gasteiger partial charge is 0.331 e. The lowest BCUT2D eigenvalue weighted by atomic mass is 10.2. The standard InChI is InChI=1S/C6H10O3/c1-2-5(3-4-7)6(8)9/h2,7H,3-4H2,1H3,(H,8,9)/b5-2+. The minimum Gasteiger partial charge on any atom is -0.478 e. The summed E-state index contributed by atoms with van der Waals surface area (Å²) in [5.74, 6) is -0.952. The predicted octanol–water partition coefficient (Wildman–Crippen LogP) is 0.400. The molecule has 0 fully saturated rings. The number of hydrogen-bond donors (Lipinski definition) is 2. The number of aliphatic carboxylic acids is 1. The van der Waals surface area contributed by atoms with Crippen molar-refractivity contribution in [2.75, 3.05) is 6.61 Å². The van der Waals surface area contributed by atoms with E-state index in [1.165, 1.54) is 6.08 Å². The molecule has 52 valence electrons. The summed E-state index contributed by atoms with van der Waals surface area (Å²) in [5.41, 5.74) is 0.262. The second-order valence-electron chi connectivity index (χ2n) is 1.59. The van der Waals surface area contributed by atoms with Gasteiger partial charge in [-0.1, -0.05) is 6.08 Å². The van der Waals surface area contributed by atoms with Crippen LogP contribution in [-0.4, -0.2) is 22.8 Å². The molecule has 3 nitrogen and oxygen atoms in total. The SMILES string of the molecule is C/C=C(\CCO)C(=O)O. The van der Waals surface area contributed by atoms with E-state index in [1.54, 1.807) is 6.92 Å². The number of carbonyl (C=O) groups is 1. The highest BCUT2D eigenvalue weighted by molar-refractivity contribution is 5.86. The van der Waals surface area contributed by atoms with E-state index >= 15 is 0 Å². The van der Waals surface area contributed by atoms with Gasteiger partial charge in [-0.3, -0.25) is 0 Å². The first kappa shape index (κ1) is 8.17. The first-order chi connectivity index (χ1) is 4.22. The molecule has 3 heteroatoms. The molecule has 9 heavy (non-hydrogen) atoms. The number of carboxylic acids is 1. The molecular formula is C6H10O3. The van der Waals surface area contributed by atoms with Gasteiger partial charge >= 0.3 is 5.97 Å². The summed E-state index contributed by atoms with van der Waals surface area (Å²) < 4.78 is 0. The molecular weight excluding hydrogens is 120 g/mol. The lowest BCUT2D eigenvalue weighted by molar-refractivity contribution is -0.132. The minimum atomic E-state index is -0.952. The van der Waals surface area contributed by atoms with Crippen LogP contribution in [0.15, 0.2) is 11.6 Å².